The molecule has 6 nitrogen and oxygen atoms in total. The van der Waals surface area contributed by atoms with Crippen LogP contribution < -0.4 is 4.72 Å². The third-order valence-corrected chi connectivity index (χ3v) is 6.82. The first-order valence-electron chi connectivity index (χ1n) is 9.64. The van der Waals surface area contributed by atoms with E-state index in [0.717, 1.165) is 43.3 Å². The second-order valence-electron chi connectivity index (χ2n) is 7.14. The van der Waals surface area contributed by atoms with Crippen LogP contribution in [-0.2, 0) is 27.8 Å². The number of aryl methyl sites for hydroxylation is 1. The van der Waals surface area contributed by atoms with Crippen molar-refractivity contribution in [1.29, 1.82) is 0 Å². The van der Waals surface area contributed by atoms with E-state index in [1.165, 1.54) is 12.6 Å². The van der Waals surface area contributed by atoms with Crippen molar-refractivity contribution in [1.82, 2.24) is 14.5 Å². The number of benzene rings is 2. The number of rotatable bonds is 7. The molecule has 0 aliphatic carbocycles. The molecule has 0 radical (unpaired) electrons. The highest BCUT2D eigenvalue weighted by molar-refractivity contribution is 7.89. The van der Waals surface area contributed by atoms with E-state index in [1.54, 1.807) is 24.3 Å². The number of nitrogens with zero attached hydrogens (tertiary/aromatic N) is 2. The normalized spacial score (nSPS) is 15.4. The van der Waals surface area contributed by atoms with Gasteiger partial charge in [0.25, 0.3) is 0 Å². The lowest BCUT2D eigenvalue weighted by Gasteiger charge is -2.35. The predicted octanol–water partition coefficient (Wildman–Crippen LogP) is 2.53. The zero-order valence-corrected chi connectivity index (χ0v) is 18.0. The zero-order chi connectivity index (χ0) is 20.9. The smallest absolute Gasteiger partial charge is 0.240 e. The molecule has 1 amide bonds. The summed E-state index contributed by atoms with van der Waals surface area (Å²) in [4.78, 5) is 17.0. The Labute approximate surface area is 177 Å². The van der Waals surface area contributed by atoms with E-state index in [4.69, 9.17) is 11.6 Å². The van der Waals surface area contributed by atoms with Crippen molar-refractivity contribution in [3.63, 3.8) is 0 Å². The van der Waals surface area contributed by atoms with Crippen molar-refractivity contribution < 1.29 is 13.2 Å². The van der Waals surface area contributed by atoms with Gasteiger partial charge in [0.15, 0.2) is 0 Å². The average Bonchev–Trinajstić information content (AvgIpc) is 2.73. The number of hydrogen-bond donors (Lipinski definition) is 1. The monoisotopic (exact) mass is 435 g/mol. The highest BCUT2D eigenvalue weighted by Gasteiger charge is 2.21. The maximum atomic E-state index is 12.5. The molecular formula is C21H26ClN3O3S. The van der Waals surface area contributed by atoms with Gasteiger partial charge in [0.1, 0.15) is 0 Å². The van der Waals surface area contributed by atoms with Gasteiger partial charge in [0.05, 0.1) is 4.90 Å². The Bertz CT molecular complexity index is 940. The largest absolute Gasteiger partial charge is 0.340 e. The Morgan fingerprint density at radius 3 is 2.34 bits per heavy atom. The molecule has 0 aromatic heterocycles. The molecule has 156 valence electrons. The van der Waals surface area contributed by atoms with Crippen LogP contribution in [0.15, 0.2) is 53.4 Å². The van der Waals surface area contributed by atoms with Gasteiger partial charge in [-0.2, -0.15) is 0 Å². The minimum atomic E-state index is -3.43. The summed E-state index contributed by atoms with van der Waals surface area (Å²) in [7, 11) is -2.05. The summed E-state index contributed by atoms with van der Waals surface area (Å²) in [5.74, 6) is 0.138. The Hall–Kier alpha value is -1.93. The van der Waals surface area contributed by atoms with E-state index >= 15 is 0 Å². The summed E-state index contributed by atoms with van der Waals surface area (Å²) in [6, 6.07) is 14.5. The average molecular weight is 436 g/mol. The van der Waals surface area contributed by atoms with E-state index in [0.29, 0.717) is 12.8 Å². The number of carbonyl (C=O) groups is 1. The van der Waals surface area contributed by atoms with Crippen molar-refractivity contribution >= 4 is 27.5 Å². The molecule has 0 bridgehead atoms. The van der Waals surface area contributed by atoms with Crippen molar-refractivity contribution in [2.75, 3.05) is 33.2 Å². The van der Waals surface area contributed by atoms with Gasteiger partial charge in [0.2, 0.25) is 15.9 Å². The standard InChI is InChI=1S/C21H26ClN3O3S/c1-23-29(27,28)20-8-5-17(6-9-20)7-10-21(26)25-13-11-24(12-14-25)16-18-3-2-4-19(22)15-18/h2-6,8-9,15,23H,7,10-14,16H2,1H3. The molecule has 1 aliphatic heterocycles. The fourth-order valence-electron chi connectivity index (χ4n) is 3.41. The SMILES string of the molecule is CNS(=O)(=O)c1ccc(CCC(=O)N2CCN(Cc3cccc(Cl)c3)CC2)cc1. The molecule has 2 aromatic carbocycles. The number of nitrogens with one attached hydrogen (secondary N) is 1. The molecule has 0 unspecified atom stereocenters. The molecule has 3 rings (SSSR count). The van der Waals surface area contributed by atoms with Crippen LogP contribution in [0.25, 0.3) is 0 Å². The highest BCUT2D eigenvalue weighted by atomic mass is 35.5. The first kappa shape index (κ1) is 21.8. The molecule has 1 heterocycles. The molecule has 0 saturated carbocycles. The Kier molecular flexibility index (Phi) is 7.29. The number of halogens is 1. The molecular weight excluding hydrogens is 410 g/mol. The van der Waals surface area contributed by atoms with E-state index in [-0.39, 0.29) is 10.8 Å². The first-order chi connectivity index (χ1) is 13.9. The lowest BCUT2D eigenvalue weighted by atomic mass is 10.1. The van der Waals surface area contributed by atoms with E-state index < -0.39 is 10.0 Å². The van der Waals surface area contributed by atoms with Crippen LogP contribution in [-0.4, -0.2) is 57.4 Å². The van der Waals surface area contributed by atoms with Gasteiger partial charge in [-0.05, 0) is 48.9 Å². The van der Waals surface area contributed by atoms with Crippen LogP contribution in [0.1, 0.15) is 17.5 Å². The Balaban J connectivity index is 1.45. The Morgan fingerprint density at radius 1 is 1.03 bits per heavy atom. The minimum absolute atomic E-state index is 0.138. The Morgan fingerprint density at radius 2 is 1.72 bits per heavy atom. The summed E-state index contributed by atoms with van der Waals surface area (Å²) in [5.41, 5.74) is 2.13. The van der Waals surface area contributed by atoms with Gasteiger partial charge in [-0.15, -0.1) is 0 Å². The van der Waals surface area contributed by atoms with E-state index in [9.17, 15) is 13.2 Å². The molecule has 8 heteroatoms. The lowest BCUT2D eigenvalue weighted by molar-refractivity contribution is -0.133. The molecule has 0 spiro atoms. The van der Waals surface area contributed by atoms with Gasteiger partial charge in [-0.1, -0.05) is 35.9 Å². The number of piperazine rings is 1. The van der Waals surface area contributed by atoms with Crippen molar-refractivity contribution in [2.24, 2.45) is 0 Å². The number of carbonyl (C=O) groups excluding carboxylic acids is 1. The van der Waals surface area contributed by atoms with Gasteiger partial charge < -0.3 is 4.90 Å². The maximum absolute atomic E-state index is 12.5. The zero-order valence-electron chi connectivity index (χ0n) is 16.5. The third-order valence-electron chi connectivity index (χ3n) is 5.15. The molecule has 1 saturated heterocycles. The van der Waals surface area contributed by atoms with Crippen molar-refractivity contribution in [3.05, 3.63) is 64.7 Å². The van der Waals surface area contributed by atoms with Crippen molar-refractivity contribution in [3.8, 4) is 0 Å². The van der Waals surface area contributed by atoms with Crippen LogP contribution in [0.4, 0.5) is 0 Å². The molecule has 0 atom stereocenters. The molecule has 1 N–H and O–H groups in total. The van der Waals surface area contributed by atoms with E-state index in [2.05, 4.69) is 15.7 Å². The molecule has 29 heavy (non-hydrogen) atoms. The van der Waals surface area contributed by atoms with Crippen LogP contribution >= 0.6 is 11.6 Å². The summed E-state index contributed by atoms with van der Waals surface area (Å²) in [5, 5.41) is 0.743. The highest BCUT2D eigenvalue weighted by Crippen LogP contribution is 2.15. The van der Waals surface area contributed by atoms with Crippen LogP contribution in [0.5, 0.6) is 0 Å². The third kappa shape index (κ3) is 6.02. The van der Waals surface area contributed by atoms with Crippen LogP contribution in [0, 0.1) is 0 Å². The minimum Gasteiger partial charge on any atom is -0.340 e. The van der Waals surface area contributed by atoms with Crippen LogP contribution in [0.2, 0.25) is 5.02 Å². The van der Waals surface area contributed by atoms with Crippen LogP contribution in [0.3, 0.4) is 0 Å². The quantitative estimate of drug-likeness (QED) is 0.725. The van der Waals surface area contributed by atoms with Gasteiger partial charge in [-0.3, -0.25) is 9.69 Å². The summed E-state index contributed by atoms with van der Waals surface area (Å²) < 4.78 is 25.8. The fraction of sp³-hybridized carbons (Fsp3) is 0.381. The van der Waals surface area contributed by atoms with Gasteiger partial charge in [0, 0.05) is 44.2 Å². The van der Waals surface area contributed by atoms with E-state index in [1.807, 2.05) is 23.1 Å². The molecule has 1 aliphatic rings. The fourth-order valence-corrected chi connectivity index (χ4v) is 4.35. The predicted molar refractivity (Wildman–Crippen MR) is 114 cm³/mol. The molecule has 2 aromatic rings. The summed E-state index contributed by atoms with van der Waals surface area (Å²) in [6.45, 7) is 3.96. The van der Waals surface area contributed by atoms with Crippen molar-refractivity contribution in [2.45, 2.75) is 24.3 Å². The van der Waals surface area contributed by atoms with Gasteiger partial charge in [-0.25, -0.2) is 13.1 Å². The number of amides is 1. The second kappa shape index (κ2) is 9.71. The van der Waals surface area contributed by atoms with Gasteiger partial charge >= 0.3 is 0 Å². The first-order valence-corrected chi connectivity index (χ1v) is 11.5. The topological polar surface area (TPSA) is 69.7 Å². The lowest BCUT2D eigenvalue weighted by Crippen LogP contribution is -2.48. The summed E-state index contributed by atoms with van der Waals surface area (Å²) in [6.07, 6.45) is 1.02. The molecule has 1 fully saturated rings. The summed E-state index contributed by atoms with van der Waals surface area (Å²) >= 11 is 6.05. The second-order valence-corrected chi connectivity index (χ2v) is 9.46. The maximum Gasteiger partial charge on any atom is 0.240 e. The number of hydrogen-bond acceptors (Lipinski definition) is 4. The number of sulfonamides is 1.